The third-order valence-corrected chi connectivity index (χ3v) is 3.98. The van der Waals surface area contributed by atoms with Crippen LogP contribution in [0.25, 0.3) is 34.0 Å². The highest BCUT2D eigenvalue weighted by atomic mass is 16.3. The summed E-state index contributed by atoms with van der Waals surface area (Å²) in [7, 11) is 0. The molecule has 0 aliphatic heterocycles. The smallest absolute Gasteiger partial charge is 0.253 e. The number of guanidine groups is 1. The van der Waals surface area contributed by atoms with Gasteiger partial charge < -0.3 is 15.9 Å². The number of benzene rings is 2. The molecule has 0 aliphatic rings. The van der Waals surface area contributed by atoms with E-state index in [1.165, 1.54) is 6.26 Å². The second-order valence-corrected chi connectivity index (χ2v) is 5.81. The van der Waals surface area contributed by atoms with Crippen molar-refractivity contribution in [3.63, 3.8) is 0 Å². The molecule has 0 atom stereocenters. The van der Waals surface area contributed by atoms with Gasteiger partial charge in [0.05, 0.1) is 22.2 Å². The molecule has 0 saturated carbocycles. The molecule has 0 fully saturated rings. The third kappa shape index (κ3) is 3.25. The topological polar surface area (TPSA) is 120 Å². The zero-order chi connectivity index (χ0) is 18.8. The van der Waals surface area contributed by atoms with E-state index in [2.05, 4.69) is 15.0 Å². The fourth-order valence-electron chi connectivity index (χ4n) is 2.76. The Balaban J connectivity index is 1.84. The number of nitrogens with two attached hydrogens (primary N) is 2. The van der Waals surface area contributed by atoms with Crippen molar-refractivity contribution in [3.8, 4) is 0 Å². The molecule has 2 heterocycles. The van der Waals surface area contributed by atoms with Crippen LogP contribution in [0.5, 0.6) is 0 Å². The highest BCUT2D eigenvalue weighted by Crippen LogP contribution is 2.21. The Bertz CT molecular complexity index is 1270. The minimum atomic E-state index is -0.129. The number of hydrogen-bond donors (Lipinski definition) is 2. The van der Waals surface area contributed by atoms with E-state index in [-0.39, 0.29) is 17.3 Å². The zero-order valence-corrected chi connectivity index (χ0v) is 14.2. The van der Waals surface area contributed by atoms with Crippen molar-refractivity contribution >= 4 is 45.9 Å². The van der Waals surface area contributed by atoms with Gasteiger partial charge in [0.1, 0.15) is 11.8 Å². The Morgan fingerprint density at radius 2 is 1.70 bits per heavy atom. The second kappa shape index (κ2) is 6.72. The zero-order valence-electron chi connectivity index (χ0n) is 14.2. The number of aliphatic imine (C=N–C) groups is 1. The maximum absolute atomic E-state index is 12.6. The Kier molecular flexibility index (Phi) is 4.10. The van der Waals surface area contributed by atoms with Gasteiger partial charge in [0.2, 0.25) is 0 Å². The van der Waals surface area contributed by atoms with Crippen LogP contribution < -0.4 is 16.9 Å². The van der Waals surface area contributed by atoms with Gasteiger partial charge in [0, 0.05) is 5.39 Å². The Morgan fingerprint density at radius 3 is 2.52 bits per heavy atom. The summed E-state index contributed by atoms with van der Waals surface area (Å²) in [6.45, 7) is 0. The van der Waals surface area contributed by atoms with Gasteiger partial charge in [0.15, 0.2) is 11.4 Å². The molecule has 0 aliphatic carbocycles. The molecule has 0 bridgehead atoms. The normalized spacial score (nSPS) is 11.3. The lowest BCUT2D eigenvalue weighted by Crippen LogP contribution is -2.22. The van der Waals surface area contributed by atoms with Crippen LogP contribution in [-0.2, 0) is 0 Å². The lowest BCUT2D eigenvalue weighted by Gasteiger charge is -2.03. The molecule has 7 nitrogen and oxygen atoms in total. The lowest BCUT2D eigenvalue weighted by atomic mass is 10.1. The Morgan fingerprint density at radius 1 is 0.963 bits per heavy atom. The first kappa shape index (κ1) is 16.5. The summed E-state index contributed by atoms with van der Waals surface area (Å²) >= 11 is 0. The van der Waals surface area contributed by atoms with E-state index in [0.29, 0.717) is 27.7 Å². The third-order valence-electron chi connectivity index (χ3n) is 3.98. The van der Waals surface area contributed by atoms with Crippen LogP contribution in [0.3, 0.4) is 0 Å². The van der Waals surface area contributed by atoms with Crippen molar-refractivity contribution in [3.05, 3.63) is 76.3 Å². The first-order chi connectivity index (χ1) is 13.1. The molecule has 0 spiro atoms. The van der Waals surface area contributed by atoms with Crippen LogP contribution >= 0.6 is 0 Å². The Hall–Kier alpha value is -4.00. The maximum Gasteiger partial charge on any atom is 0.253 e. The van der Waals surface area contributed by atoms with Gasteiger partial charge in [-0.1, -0.05) is 30.3 Å². The summed E-state index contributed by atoms with van der Waals surface area (Å²) in [5.41, 5.74) is 13.0. The maximum atomic E-state index is 12.6. The SMILES string of the molecule is NC(N)=Nc1nc(/C=C/c2coc3ccccc3c2=O)c2ccccc2n1. The molecule has 7 heteroatoms. The number of rotatable bonds is 3. The minimum absolute atomic E-state index is 0.115. The van der Waals surface area contributed by atoms with Gasteiger partial charge in [-0.25, -0.2) is 9.97 Å². The van der Waals surface area contributed by atoms with Gasteiger partial charge >= 0.3 is 0 Å². The molecule has 0 radical (unpaired) electrons. The number of para-hydroxylation sites is 2. The van der Waals surface area contributed by atoms with Crippen molar-refractivity contribution < 1.29 is 4.42 Å². The van der Waals surface area contributed by atoms with Crippen molar-refractivity contribution in [2.45, 2.75) is 0 Å². The van der Waals surface area contributed by atoms with E-state index in [4.69, 9.17) is 15.9 Å². The molecule has 4 rings (SSSR count). The predicted molar refractivity (Wildman–Crippen MR) is 106 cm³/mol. The van der Waals surface area contributed by atoms with Crippen LogP contribution in [-0.4, -0.2) is 15.9 Å². The molecule has 4 N–H and O–H groups in total. The minimum Gasteiger partial charge on any atom is -0.463 e. The van der Waals surface area contributed by atoms with E-state index in [9.17, 15) is 4.79 Å². The molecule has 0 saturated heterocycles. The van der Waals surface area contributed by atoms with Crippen LogP contribution in [0.15, 0.2) is 69.0 Å². The number of fused-ring (bicyclic) bond motifs is 2. The first-order valence-corrected chi connectivity index (χ1v) is 8.17. The summed E-state index contributed by atoms with van der Waals surface area (Å²) < 4.78 is 5.54. The first-order valence-electron chi connectivity index (χ1n) is 8.17. The molecular weight excluding hydrogens is 342 g/mol. The number of aromatic nitrogens is 2. The fraction of sp³-hybridized carbons (Fsp3) is 0. The highest BCUT2D eigenvalue weighted by Gasteiger charge is 2.07. The summed E-state index contributed by atoms with van der Waals surface area (Å²) in [5, 5.41) is 1.34. The predicted octanol–water partition coefficient (Wildman–Crippen LogP) is 2.81. The summed E-state index contributed by atoms with van der Waals surface area (Å²) in [4.78, 5) is 25.2. The van der Waals surface area contributed by atoms with E-state index < -0.39 is 0 Å². The molecule has 2 aromatic carbocycles. The van der Waals surface area contributed by atoms with Crippen molar-refractivity contribution in [2.75, 3.05) is 0 Å². The largest absolute Gasteiger partial charge is 0.463 e. The lowest BCUT2D eigenvalue weighted by molar-refractivity contribution is 0.601. The van der Waals surface area contributed by atoms with Crippen molar-refractivity contribution in [2.24, 2.45) is 16.5 Å². The highest BCUT2D eigenvalue weighted by molar-refractivity contribution is 5.90. The van der Waals surface area contributed by atoms with Crippen molar-refractivity contribution in [1.29, 1.82) is 0 Å². The summed E-state index contributed by atoms with van der Waals surface area (Å²) in [5.74, 6) is 0.0225. The molecule has 2 aromatic heterocycles. The van der Waals surface area contributed by atoms with Crippen LogP contribution in [0.1, 0.15) is 11.3 Å². The van der Waals surface area contributed by atoms with Crippen LogP contribution in [0.4, 0.5) is 5.95 Å². The van der Waals surface area contributed by atoms with Gasteiger partial charge in [-0.05, 0) is 30.4 Å². The molecule has 132 valence electrons. The molecule has 0 amide bonds. The van der Waals surface area contributed by atoms with Gasteiger partial charge in [0.25, 0.3) is 5.95 Å². The molecule has 0 unspecified atom stereocenters. The molecular formula is C20H15N5O2. The monoisotopic (exact) mass is 357 g/mol. The van der Waals surface area contributed by atoms with Crippen LogP contribution in [0.2, 0.25) is 0 Å². The van der Waals surface area contributed by atoms with Gasteiger partial charge in [-0.3, -0.25) is 4.79 Å². The quantitative estimate of drug-likeness (QED) is 0.430. The average molecular weight is 357 g/mol. The molecule has 4 aromatic rings. The van der Waals surface area contributed by atoms with Crippen LogP contribution in [0, 0.1) is 0 Å². The fourth-order valence-corrected chi connectivity index (χ4v) is 2.76. The van der Waals surface area contributed by atoms with E-state index >= 15 is 0 Å². The second-order valence-electron chi connectivity index (χ2n) is 5.81. The summed E-state index contributed by atoms with van der Waals surface area (Å²) in [6.07, 6.45) is 4.81. The standard InChI is InChI=1S/C20H15N5O2/c21-19(22)25-20-23-15-7-3-1-5-13(15)16(24-20)10-9-12-11-27-17-8-4-2-6-14(17)18(12)26/h1-11H,(H4,21,22,23,24,25)/b10-9+. The van der Waals surface area contributed by atoms with E-state index in [1.54, 1.807) is 30.4 Å². The van der Waals surface area contributed by atoms with E-state index in [1.807, 2.05) is 30.3 Å². The summed E-state index contributed by atoms with van der Waals surface area (Å²) in [6, 6.07) is 14.6. The number of nitrogens with zero attached hydrogens (tertiary/aromatic N) is 3. The average Bonchev–Trinajstić information content (AvgIpc) is 2.67. The Labute approximate surface area is 153 Å². The van der Waals surface area contributed by atoms with Crippen molar-refractivity contribution in [1.82, 2.24) is 9.97 Å². The van der Waals surface area contributed by atoms with E-state index in [0.717, 1.165) is 5.39 Å². The molecule has 27 heavy (non-hydrogen) atoms. The van der Waals surface area contributed by atoms with Gasteiger partial charge in [-0.2, -0.15) is 4.99 Å². The van der Waals surface area contributed by atoms with Gasteiger partial charge in [-0.15, -0.1) is 0 Å². The number of hydrogen-bond acceptors (Lipinski definition) is 5.